The fourth-order valence-corrected chi connectivity index (χ4v) is 3.52. The summed E-state index contributed by atoms with van der Waals surface area (Å²) in [6.45, 7) is 5.87. The minimum absolute atomic E-state index is 0.292. The third-order valence-corrected chi connectivity index (χ3v) is 4.93. The summed E-state index contributed by atoms with van der Waals surface area (Å²) in [6, 6.07) is 23.8. The summed E-state index contributed by atoms with van der Waals surface area (Å²) < 4.78 is 5.50. The van der Waals surface area contributed by atoms with E-state index in [0.29, 0.717) is 6.54 Å². The zero-order chi connectivity index (χ0) is 21.0. The second-order valence-corrected chi connectivity index (χ2v) is 8.39. The Balaban J connectivity index is 1.94. The molecule has 0 aliphatic rings. The van der Waals surface area contributed by atoms with Gasteiger partial charge in [0.2, 0.25) is 0 Å². The lowest BCUT2D eigenvalue weighted by atomic mass is 9.86. The molecule has 0 aliphatic heterocycles. The van der Waals surface area contributed by atoms with Crippen molar-refractivity contribution < 1.29 is 14.6 Å². The largest absolute Gasteiger partial charge is 0.444 e. The highest BCUT2D eigenvalue weighted by Crippen LogP contribution is 2.35. The van der Waals surface area contributed by atoms with Crippen LogP contribution in [0.4, 0.5) is 4.79 Å². The fraction of sp³-hybridized carbons (Fsp3) is 0.320. The maximum Gasteiger partial charge on any atom is 0.410 e. The van der Waals surface area contributed by atoms with Crippen LogP contribution in [0, 0.1) is 0 Å². The standard InChI is InChI=1S/C25H29NO3/c1-25(2,3)29-24(28)26(4)17-22(19-11-6-5-7-12-19)23(27)21-16-10-14-18-13-8-9-15-20(18)21/h5-16,22-23,27H,17H2,1-4H3. The highest BCUT2D eigenvalue weighted by atomic mass is 16.6. The van der Waals surface area contributed by atoms with Crippen molar-refractivity contribution >= 4 is 16.9 Å². The molecule has 0 fully saturated rings. The Morgan fingerprint density at radius 3 is 2.28 bits per heavy atom. The lowest BCUT2D eigenvalue weighted by molar-refractivity contribution is 0.0251. The van der Waals surface area contributed by atoms with E-state index in [-0.39, 0.29) is 5.92 Å². The van der Waals surface area contributed by atoms with Crippen molar-refractivity contribution in [2.24, 2.45) is 0 Å². The van der Waals surface area contributed by atoms with Gasteiger partial charge in [-0.1, -0.05) is 72.8 Å². The fourth-order valence-electron chi connectivity index (χ4n) is 3.52. The Kier molecular flexibility index (Phi) is 6.23. The third kappa shape index (κ3) is 5.15. The summed E-state index contributed by atoms with van der Waals surface area (Å²) in [4.78, 5) is 14.1. The molecule has 1 amide bonds. The zero-order valence-electron chi connectivity index (χ0n) is 17.5. The molecule has 2 atom stereocenters. The second-order valence-electron chi connectivity index (χ2n) is 8.39. The topological polar surface area (TPSA) is 49.8 Å². The van der Waals surface area contributed by atoms with E-state index in [0.717, 1.165) is 21.9 Å². The molecule has 0 radical (unpaired) electrons. The molecule has 0 aromatic heterocycles. The molecule has 4 heteroatoms. The van der Waals surface area contributed by atoms with Gasteiger partial charge in [0.1, 0.15) is 5.60 Å². The molecule has 0 aliphatic carbocycles. The van der Waals surface area contributed by atoms with Gasteiger partial charge < -0.3 is 14.7 Å². The summed E-state index contributed by atoms with van der Waals surface area (Å²) in [5, 5.41) is 13.5. The van der Waals surface area contributed by atoms with E-state index < -0.39 is 17.8 Å². The van der Waals surface area contributed by atoms with E-state index >= 15 is 0 Å². The number of carbonyl (C=O) groups excluding carboxylic acids is 1. The van der Waals surface area contributed by atoms with Crippen LogP contribution < -0.4 is 0 Å². The van der Waals surface area contributed by atoms with Gasteiger partial charge in [0, 0.05) is 19.5 Å². The number of likely N-dealkylation sites (N-methyl/N-ethyl adjacent to an activating group) is 1. The van der Waals surface area contributed by atoms with Gasteiger partial charge >= 0.3 is 6.09 Å². The molecule has 152 valence electrons. The molecule has 0 heterocycles. The Hall–Kier alpha value is -2.85. The maximum absolute atomic E-state index is 12.5. The molecule has 0 saturated carbocycles. The van der Waals surface area contributed by atoms with Crippen molar-refractivity contribution in [1.29, 1.82) is 0 Å². The van der Waals surface area contributed by atoms with Crippen LogP contribution in [-0.2, 0) is 4.74 Å². The second kappa shape index (κ2) is 8.66. The smallest absolute Gasteiger partial charge is 0.410 e. The van der Waals surface area contributed by atoms with Gasteiger partial charge in [0.05, 0.1) is 6.10 Å². The average molecular weight is 392 g/mol. The van der Waals surface area contributed by atoms with Crippen molar-refractivity contribution in [2.45, 2.75) is 38.4 Å². The first-order valence-electron chi connectivity index (χ1n) is 9.91. The van der Waals surface area contributed by atoms with E-state index in [4.69, 9.17) is 4.74 Å². The maximum atomic E-state index is 12.5. The van der Waals surface area contributed by atoms with Crippen molar-refractivity contribution in [1.82, 2.24) is 4.90 Å². The van der Waals surface area contributed by atoms with Crippen LogP contribution in [0.3, 0.4) is 0 Å². The van der Waals surface area contributed by atoms with Crippen LogP contribution in [0.2, 0.25) is 0 Å². The Labute approximate surface area is 172 Å². The van der Waals surface area contributed by atoms with Crippen molar-refractivity contribution in [3.05, 3.63) is 83.9 Å². The molecule has 3 aromatic carbocycles. The van der Waals surface area contributed by atoms with Gasteiger partial charge in [-0.05, 0) is 42.7 Å². The molecule has 0 saturated heterocycles. The van der Waals surface area contributed by atoms with Crippen LogP contribution >= 0.6 is 0 Å². The number of rotatable bonds is 5. The predicted molar refractivity (Wildman–Crippen MR) is 117 cm³/mol. The first-order valence-corrected chi connectivity index (χ1v) is 9.91. The zero-order valence-corrected chi connectivity index (χ0v) is 17.5. The average Bonchev–Trinajstić information content (AvgIpc) is 2.70. The van der Waals surface area contributed by atoms with E-state index in [1.165, 1.54) is 4.90 Å². The summed E-state index contributed by atoms with van der Waals surface area (Å²) in [7, 11) is 1.71. The number of benzene rings is 3. The first-order chi connectivity index (χ1) is 13.8. The molecule has 3 aromatic rings. The van der Waals surface area contributed by atoms with Gasteiger partial charge in [-0.3, -0.25) is 0 Å². The van der Waals surface area contributed by atoms with E-state index in [1.54, 1.807) is 7.05 Å². The SMILES string of the molecule is CN(CC(c1ccccc1)C(O)c1cccc2ccccc12)C(=O)OC(C)(C)C. The van der Waals surface area contributed by atoms with Crippen molar-refractivity contribution in [2.75, 3.05) is 13.6 Å². The number of hydrogen-bond donors (Lipinski definition) is 1. The normalized spacial score (nSPS) is 13.7. The van der Waals surface area contributed by atoms with Crippen LogP contribution in [-0.4, -0.2) is 35.3 Å². The summed E-state index contributed by atoms with van der Waals surface area (Å²) >= 11 is 0. The quantitative estimate of drug-likeness (QED) is 0.623. The number of carbonyl (C=O) groups is 1. The van der Waals surface area contributed by atoms with Gasteiger partial charge in [-0.15, -0.1) is 0 Å². The summed E-state index contributed by atoms with van der Waals surface area (Å²) in [5.41, 5.74) is 1.26. The number of amides is 1. The van der Waals surface area contributed by atoms with Crippen LogP contribution in [0.1, 0.15) is 43.9 Å². The predicted octanol–water partition coefficient (Wildman–Crippen LogP) is 5.52. The monoisotopic (exact) mass is 391 g/mol. The lowest BCUT2D eigenvalue weighted by Crippen LogP contribution is -2.37. The van der Waals surface area contributed by atoms with Gasteiger partial charge in [-0.25, -0.2) is 4.79 Å². The van der Waals surface area contributed by atoms with Gasteiger partial charge in [0.25, 0.3) is 0 Å². The van der Waals surface area contributed by atoms with Gasteiger partial charge in [-0.2, -0.15) is 0 Å². The van der Waals surface area contributed by atoms with Gasteiger partial charge in [0.15, 0.2) is 0 Å². The minimum atomic E-state index is -0.770. The minimum Gasteiger partial charge on any atom is -0.444 e. The number of aliphatic hydroxyl groups is 1. The number of aliphatic hydroxyl groups excluding tert-OH is 1. The lowest BCUT2D eigenvalue weighted by Gasteiger charge is -2.30. The summed E-state index contributed by atoms with van der Waals surface area (Å²) in [5.74, 6) is -0.292. The van der Waals surface area contributed by atoms with Crippen LogP contribution in [0.25, 0.3) is 10.8 Å². The van der Waals surface area contributed by atoms with E-state index in [1.807, 2.05) is 93.6 Å². The molecule has 1 N–H and O–H groups in total. The Bertz CT molecular complexity index is 957. The van der Waals surface area contributed by atoms with E-state index in [2.05, 4.69) is 0 Å². The Morgan fingerprint density at radius 2 is 1.59 bits per heavy atom. The van der Waals surface area contributed by atoms with E-state index in [9.17, 15) is 9.90 Å². The number of hydrogen-bond acceptors (Lipinski definition) is 3. The Morgan fingerprint density at radius 1 is 0.966 bits per heavy atom. The first kappa shape index (κ1) is 20.9. The molecule has 4 nitrogen and oxygen atoms in total. The third-order valence-electron chi connectivity index (χ3n) is 4.93. The molecule has 2 unspecified atom stereocenters. The van der Waals surface area contributed by atoms with Crippen LogP contribution in [0.5, 0.6) is 0 Å². The van der Waals surface area contributed by atoms with Crippen LogP contribution in [0.15, 0.2) is 72.8 Å². The van der Waals surface area contributed by atoms with Crippen molar-refractivity contribution in [3.8, 4) is 0 Å². The molecule has 29 heavy (non-hydrogen) atoms. The highest BCUT2D eigenvalue weighted by Gasteiger charge is 2.28. The molecule has 0 bridgehead atoms. The molecular formula is C25H29NO3. The number of fused-ring (bicyclic) bond motifs is 1. The highest BCUT2D eigenvalue weighted by molar-refractivity contribution is 5.86. The summed E-state index contributed by atoms with van der Waals surface area (Å²) in [6.07, 6.45) is -1.17. The molecule has 0 spiro atoms. The number of nitrogens with zero attached hydrogens (tertiary/aromatic N) is 1. The molecular weight excluding hydrogens is 362 g/mol. The molecule has 3 rings (SSSR count). The van der Waals surface area contributed by atoms with Crippen molar-refractivity contribution in [3.63, 3.8) is 0 Å². The number of ether oxygens (including phenoxy) is 1.